The minimum Gasteiger partial charge on any atom is -0.443 e. The van der Waals surface area contributed by atoms with Crippen molar-refractivity contribution < 1.29 is 4.74 Å². The van der Waals surface area contributed by atoms with Crippen LogP contribution in [0.3, 0.4) is 0 Å². The molecule has 0 saturated heterocycles. The molecule has 1 aliphatic rings. The molecule has 0 fully saturated rings. The van der Waals surface area contributed by atoms with Crippen molar-refractivity contribution in [3.8, 4) is 5.75 Å². The molecule has 0 saturated carbocycles. The SMILES string of the molecule is NCc1ccc(OC2=NC=CN=CC2)cc1. The number of rotatable bonds is 2. The maximum atomic E-state index is 5.60. The molecule has 0 aromatic heterocycles. The Morgan fingerprint density at radius 1 is 1.19 bits per heavy atom. The zero-order valence-corrected chi connectivity index (χ0v) is 8.84. The lowest BCUT2D eigenvalue weighted by molar-refractivity contribution is 0.542. The second-order valence-electron chi connectivity index (χ2n) is 3.31. The Hall–Kier alpha value is -1.94. The summed E-state index contributed by atoms with van der Waals surface area (Å²) < 4.78 is 5.60. The lowest BCUT2D eigenvalue weighted by Gasteiger charge is -2.06. The number of aliphatic imine (C=N–C) groups is 2. The van der Waals surface area contributed by atoms with Crippen LogP contribution in [0.5, 0.6) is 5.75 Å². The molecule has 0 spiro atoms. The largest absolute Gasteiger partial charge is 0.443 e. The van der Waals surface area contributed by atoms with E-state index in [9.17, 15) is 0 Å². The maximum absolute atomic E-state index is 5.60. The Balaban J connectivity index is 2.05. The monoisotopic (exact) mass is 215 g/mol. The van der Waals surface area contributed by atoms with Crippen LogP contribution in [0.1, 0.15) is 12.0 Å². The first-order valence-corrected chi connectivity index (χ1v) is 5.08. The van der Waals surface area contributed by atoms with Crippen LogP contribution in [-0.4, -0.2) is 12.1 Å². The van der Waals surface area contributed by atoms with Crippen molar-refractivity contribution in [1.82, 2.24) is 0 Å². The van der Waals surface area contributed by atoms with Gasteiger partial charge in [-0.05, 0) is 17.7 Å². The van der Waals surface area contributed by atoms with E-state index in [4.69, 9.17) is 10.5 Å². The highest BCUT2D eigenvalue weighted by Crippen LogP contribution is 2.13. The van der Waals surface area contributed by atoms with Crippen molar-refractivity contribution in [3.63, 3.8) is 0 Å². The molecular formula is C12H13N3O. The number of ether oxygens (including phenoxy) is 1. The maximum Gasteiger partial charge on any atom is 0.200 e. The summed E-state index contributed by atoms with van der Waals surface area (Å²) in [5.41, 5.74) is 6.59. The van der Waals surface area contributed by atoms with E-state index in [1.807, 2.05) is 24.3 Å². The van der Waals surface area contributed by atoms with E-state index in [0.29, 0.717) is 18.9 Å². The highest BCUT2D eigenvalue weighted by atomic mass is 16.5. The van der Waals surface area contributed by atoms with Crippen molar-refractivity contribution in [2.75, 3.05) is 0 Å². The molecule has 1 aromatic carbocycles. The van der Waals surface area contributed by atoms with Gasteiger partial charge in [0.2, 0.25) is 0 Å². The average molecular weight is 215 g/mol. The predicted molar refractivity (Wildman–Crippen MR) is 64.6 cm³/mol. The van der Waals surface area contributed by atoms with Crippen LogP contribution in [0.2, 0.25) is 0 Å². The standard InChI is InChI=1S/C12H13N3O/c13-9-10-1-3-11(4-2-10)16-12-5-6-14-7-8-15-12/h1-4,6-8H,5,9,13H2. The van der Waals surface area contributed by atoms with E-state index in [1.54, 1.807) is 18.6 Å². The van der Waals surface area contributed by atoms with Crippen LogP contribution >= 0.6 is 0 Å². The van der Waals surface area contributed by atoms with Crippen LogP contribution in [-0.2, 0) is 6.54 Å². The lowest BCUT2D eigenvalue weighted by atomic mass is 10.2. The van der Waals surface area contributed by atoms with Gasteiger partial charge in [0.25, 0.3) is 0 Å². The van der Waals surface area contributed by atoms with E-state index >= 15 is 0 Å². The summed E-state index contributed by atoms with van der Waals surface area (Å²) in [6, 6.07) is 7.65. The van der Waals surface area contributed by atoms with E-state index in [0.717, 1.165) is 11.3 Å². The first-order chi connectivity index (χ1) is 7.88. The number of hydrogen-bond donors (Lipinski definition) is 1. The number of nitrogens with two attached hydrogens (primary N) is 1. The van der Waals surface area contributed by atoms with E-state index in [-0.39, 0.29) is 0 Å². The van der Waals surface area contributed by atoms with E-state index < -0.39 is 0 Å². The van der Waals surface area contributed by atoms with Crippen LogP contribution in [0.25, 0.3) is 0 Å². The molecule has 82 valence electrons. The molecule has 0 bridgehead atoms. The van der Waals surface area contributed by atoms with Crippen LogP contribution in [0, 0.1) is 0 Å². The molecule has 4 nitrogen and oxygen atoms in total. The zero-order valence-electron chi connectivity index (χ0n) is 8.84. The Morgan fingerprint density at radius 2 is 2.00 bits per heavy atom. The lowest BCUT2D eigenvalue weighted by Crippen LogP contribution is -2.08. The molecule has 0 radical (unpaired) electrons. The molecule has 0 aliphatic carbocycles. The normalized spacial score (nSPS) is 14.4. The van der Waals surface area contributed by atoms with Crippen molar-refractivity contribution in [3.05, 3.63) is 42.2 Å². The second-order valence-corrected chi connectivity index (χ2v) is 3.31. The van der Waals surface area contributed by atoms with Gasteiger partial charge in [-0.15, -0.1) is 0 Å². The Labute approximate surface area is 94.2 Å². The van der Waals surface area contributed by atoms with Gasteiger partial charge in [0, 0.05) is 25.2 Å². The third-order valence-corrected chi connectivity index (χ3v) is 2.14. The number of nitrogens with zero attached hydrogens (tertiary/aromatic N) is 2. The molecule has 0 amide bonds. The van der Waals surface area contributed by atoms with E-state index in [1.165, 1.54) is 0 Å². The fourth-order valence-electron chi connectivity index (χ4n) is 1.30. The summed E-state index contributed by atoms with van der Waals surface area (Å²) in [6.07, 6.45) is 5.61. The van der Waals surface area contributed by atoms with Gasteiger partial charge in [0.05, 0.1) is 6.42 Å². The summed E-state index contributed by atoms with van der Waals surface area (Å²) in [7, 11) is 0. The van der Waals surface area contributed by atoms with E-state index in [2.05, 4.69) is 9.98 Å². The van der Waals surface area contributed by atoms with Crippen molar-refractivity contribution in [2.24, 2.45) is 15.7 Å². The van der Waals surface area contributed by atoms with Crippen molar-refractivity contribution >= 4 is 12.1 Å². The van der Waals surface area contributed by atoms with Crippen molar-refractivity contribution in [2.45, 2.75) is 13.0 Å². The van der Waals surface area contributed by atoms with Crippen LogP contribution < -0.4 is 10.5 Å². The second kappa shape index (κ2) is 5.23. The van der Waals surface area contributed by atoms with Gasteiger partial charge in [-0.1, -0.05) is 12.1 Å². The molecular weight excluding hydrogens is 202 g/mol. The summed E-state index contributed by atoms with van der Waals surface area (Å²) in [5, 5.41) is 0. The summed E-state index contributed by atoms with van der Waals surface area (Å²) in [4.78, 5) is 8.10. The fourth-order valence-corrected chi connectivity index (χ4v) is 1.30. The minimum absolute atomic E-state index is 0.538. The zero-order chi connectivity index (χ0) is 11.2. The third kappa shape index (κ3) is 2.77. The predicted octanol–water partition coefficient (Wildman–Crippen LogP) is 1.87. The molecule has 16 heavy (non-hydrogen) atoms. The van der Waals surface area contributed by atoms with Gasteiger partial charge in [-0.2, -0.15) is 0 Å². The van der Waals surface area contributed by atoms with Gasteiger partial charge in [-0.25, -0.2) is 4.99 Å². The van der Waals surface area contributed by atoms with Gasteiger partial charge in [0.15, 0.2) is 5.90 Å². The fraction of sp³-hybridized carbons (Fsp3) is 0.167. The molecule has 1 aliphatic heterocycles. The topological polar surface area (TPSA) is 60.0 Å². The summed E-state index contributed by atoms with van der Waals surface area (Å²) >= 11 is 0. The molecule has 2 N–H and O–H groups in total. The van der Waals surface area contributed by atoms with Gasteiger partial charge < -0.3 is 10.5 Å². The summed E-state index contributed by atoms with van der Waals surface area (Å²) in [5.74, 6) is 1.40. The smallest absolute Gasteiger partial charge is 0.200 e. The summed E-state index contributed by atoms with van der Waals surface area (Å²) in [6.45, 7) is 0.538. The van der Waals surface area contributed by atoms with Gasteiger partial charge >= 0.3 is 0 Å². The first-order valence-electron chi connectivity index (χ1n) is 5.08. The van der Waals surface area contributed by atoms with Crippen LogP contribution in [0.15, 0.2) is 46.7 Å². The third-order valence-electron chi connectivity index (χ3n) is 2.14. The Morgan fingerprint density at radius 3 is 2.75 bits per heavy atom. The molecule has 0 atom stereocenters. The first kappa shape index (κ1) is 10.6. The van der Waals surface area contributed by atoms with Gasteiger partial charge in [-0.3, -0.25) is 4.99 Å². The number of benzene rings is 1. The molecule has 1 heterocycles. The highest BCUT2D eigenvalue weighted by molar-refractivity contribution is 5.92. The molecule has 2 rings (SSSR count). The van der Waals surface area contributed by atoms with Crippen molar-refractivity contribution in [1.29, 1.82) is 0 Å². The van der Waals surface area contributed by atoms with Gasteiger partial charge in [0.1, 0.15) is 5.75 Å². The minimum atomic E-state index is 0.538. The number of hydrogen-bond acceptors (Lipinski definition) is 4. The average Bonchev–Trinajstić information content (AvgIpc) is 2.59. The molecule has 1 aromatic rings. The quantitative estimate of drug-likeness (QED) is 0.818. The Kier molecular flexibility index (Phi) is 3.46. The molecule has 4 heteroatoms. The van der Waals surface area contributed by atoms with Crippen LogP contribution in [0.4, 0.5) is 0 Å². The highest BCUT2D eigenvalue weighted by Gasteiger charge is 2.02. The molecule has 0 unspecified atom stereocenters. The Bertz CT molecular complexity index is 432.